The van der Waals surface area contributed by atoms with E-state index in [4.69, 9.17) is 10.8 Å². The van der Waals surface area contributed by atoms with Crippen LogP contribution in [0.25, 0.3) is 0 Å². The van der Waals surface area contributed by atoms with Crippen LogP contribution in [0, 0.1) is 0 Å². The molecule has 0 saturated carbocycles. The second-order valence-corrected chi connectivity index (χ2v) is 5.42. The van der Waals surface area contributed by atoms with E-state index in [9.17, 15) is 9.59 Å². The van der Waals surface area contributed by atoms with Crippen LogP contribution in [0.2, 0.25) is 0 Å². The molecule has 1 aliphatic rings. The molecule has 98 valence electrons. The molecule has 1 heterocycles. The molecule has 0 spiro atoms. The summed E-state index contributed by atoms with van der Waals surface area (Å²) in [6, 6.07) is -0.841. The van der Waals surface area contributed by atoms with Crippen LogP contribution >= 0.6 is 11.8 Å². The van der Waals surface area contributed by atoms with Gasteiger partial charge < -0.3 is 15.7 Å². The second kappa shape index (κ2) is 6.86. The first kappa shape index (κ1) is 14.3. The molecule has 2 atom stereocenters. The average Bonchev–Trinajstić information content (AvgIpc) is 2.29. The Bertz CT molecular complexity index is 286. The number of rotatable bonds is 5. The lowest BCUT2D eigenvalue weighted by atomic mass is 10.1. The lowest BCUT2D eigenvalue weighted by Gasteiger charge is -2.33. The Labute approximate surface area is 106 Å². The van der Waals surface area contributed by atoms with E-state index < -0.39 is 12.0 Å². The monoisotopic (exact) mass is 260 g/mol. The molecule has 17 heavy (non-hydrogen) atoms. The highest BCUT2D eigenvalue weighted by Gasteiger charge is 2.32. The Kier molecular flexibility index (Phi) is 5.77. The molecule has 1 saturated heterocycles. The summed E-state index contributed by atoms with van der Waals surface area (Å²) < 4.78 is 0. The van der Waals surface area contributed by atoms with E-state index in [0.717, 1.165) is 18.6 Å². The molecule has 1 amide bonds. The second-order valence-electron chi connectivity index (χ2n) is 4.27. The van der Waals surface area contributed by atoms with Crippen molar-refractivity contribution >= 4 is 23.6 Å². The molecule has 0 bridgehead atoms. The molecule has 1 rings (SSSR count). The van der Waals surface area contributed by atoms with Crippen LogP contribution in [-0.4, -0.2) is 52.0 Å². The number of amides is 1. The van der Waals surface area contributed by atoms with Crippen molar-refractivity contribution in [3.8, 4) is 0 Å². The molecule has 0 aromatic heterocycles. The minimum absolute atomic E-state index is 0.126. The van der Waals surface area contributed by atoms with Crippen LogP contribution in [0.5, 0.6) is 0 Å². The van der Waals surface area contributed by atoms with Gasteiger partial charge in [-0.15, -0.1) is 0 Å². The number of nitrogens with two attached hydrogens (primary N) is 1. The molecular weight excluding hydrogens is 240 g/mol. The topological polar surface area (TPSA) is 83.6 Å². The normalized spacial score (nSPS) is 22.2. The van der Waals surface area contributed by atoms with Crippen molar-refractivity contribution in [3.05, 3.63) is 0 Å². The van der Waals surface area contributed by atoms with E-state index >= 15 is 0 Å². The molecule has 0 aliphatic carbocycles. The summed E-state index contributed by atoms with van der Waals surface area (Å²) >= 11 is 1.58. The van der Waals surface area contributed by atoms with Gasteiger partial charge in [-0.3, -0.25) is 4.79 Å². The zero-order chi connectivity index (χ0) is 12.8. The minimum atomic E-state index is -0.922. The summed E-state index contributed by atoms with van der Waals surface area (Å²) in [5.74, 6) is 0.232. The lowest BCUT2D eigenvalue weighted by molar-refractivity contribution is -0.149. The van der Waals surface area contributed by atoms with E-state index in [0.29, 0.717) is 12.3 Å². The summed E-state index contributed by atoms with van der Waals surface area (Å²) in [5, 5.41) is 9.06. The van der Waals surface area contributed by atoms with Crippen molar-refractivity contribution in [2.75, 3.05) is 18.1 Å². The summed E-state index contributed by atoms with van der Waals surface area (Å²) in [6.07, 6.45) is 1.99. The molecule has 1 aliphatic heterocycles. The van der Waals surface area contributed by atoms with Crippen LogP contribution in [0.3, 0.4) is 0 Å². The fraction of sp³-hybridized carbons (Fsp3) is 0.818. The number of hydrogen-bond acceptors (Lipinski definition) is 4. The number of carbonyl (C=O) groups excluding carboxylic acids is 1. The number of thioether (sulfide) groups is 1. The highest BCUT2D eigenvalue weighted by molar-refractivity contribution is 7.99. The average molecular weight is 260 g/mol. The van der Waals surface area contributed by atoms with Gasteiger partial charge in [0.1, 0.15) is 6.04 Å². The molecule has 3 N–H and O–H groups in total. The largest absolute Gasteiger partial charge is 0.480 e. The zero-order valence-corrected chi connectivity index (χ0v) is 10.9. The van der Waals surface area contributed by atoms with E-state index in [2.05, 4.69) is 0 Å². The molecule has 5 nitrogen and oxygen atoms in total. The van der Waals surface area contributed by atoms with Crippen molar-refractivity contribution in [3.63, 3.8) is 0 Å². The summed E-state index contributed by atoms with van der Waals surface area (Å²) in [6.45, 7) is 2.53. The van der Waals surface area contributed by atoms with Crippen LogP contribution in [0.15, 0.2) is 0 Å². The molecule has 0 aromatic rings. The number of hydrogen-bond donors (Lipinski definition) is 2. The maximum Gasteiger partial charge on any atom is 0.327 e. The quantitative estimate of drug-likeness (QED) is 0.753. The van der Waals surface area contributed by atoms with Gasteiger partial charge in [0.05, 0.1) is 0 Å². The van der Waals surface area contributed by atoms with Gasteiger partial charge in [0, 0.05) is 30.5 Å². The molecule has 0 aromatic carbocycles. The summed E-state index contributed by atoms with van der Waals surface area (Å²) in [5.41, 5.74) is 5.81. The van der Waals surface area contributed by atoms with Gasteiger partial charge in [-0.2, -0.15) is 11.8 Å². The SMILES string of the molecule is CCCC(N)CC(=O)N1CCSCC1C(=O)O. The van der Waals surface area contributed by atoms with Gasteiger partial charge >= 0.3 is 5.97 Å². The van der Waals surface area contributed by atoms with Crippen LogP contribution < -0.4 is 5.73 Å². The molecule has 6 heteroatoms. The van der Waals surface area contributed by atoms with E-state index in [1.165, 1.54) is 4.90 Å². The third-order valence-electron chi connectivity index (χ3n) is 2.83. The first-order valence-electron chi connectivity index (χ1n) is 5.91. The van der Waals surface area contributed by atoms with Gasteiger partial charge in [-0.25, -0.2) is 4.79 Å². The maximum absolute atomic E-state index is 12.0. The van der Waals surface area contributed by atoms with Crippen LogP contribution in [0.4, 0.5) is 0 Å². The number of carboxylic acids is 1. The third kappa shape index (κ3) is 4.20. The van der Waals surface area contributed by atoms with E-state index in [-0.39, 0.29) is 18.4 Å². The predicted molar refractivity (Wildman–Crippen MR) is 68.0 cm³/mol. The van der Waals surface area contributed by atoms with Crippen molar-refractivity contribution in [2.45, 2.75) is 38.3 Å². The first-order chi connectivity index (χ1) is 8.06. The highest BCUT2D eigenvalue weighted by atomic mass is 32.2. The van der Waals surface area contributed by atoms with Crippen molar-refractivity contribution in [1.82, 2.24) is 4.90 Å². The first-order valence-corrected chi connectivity index (χ1v) is 7.07. The van der Waals surface area contributed by atoms with Crippen LogP contribution in [-0.2, 0) is 9.59 Å². The summed E-state index contributed by atoms with van der Waals surface area (Å²) in [4.78, 5) is 24.5. The Morgan fingerprint density at radius 2 is 2.29 bits per heavy atom. The Balaban J connectivity index is 2.56. The van der Waals surface area contributed by atoms with E-state index in [1.807, 2.05) is 6.92 Å². The number of carbonyl (C=O) groups is 2. The predicted octanol–water partition coefficient (Wildman–Crippen LogP) is 0.532. The standard InChI is InChI=1S/C11H20N2O3S/c1-2-3-8(12)6-10(14)13-4-5-17-7-9(13)11(15)16/h8-9H,2-7,12H2,1H3,(H,15,16). The van der Waals surface area contributed by atoms with Crippen molar-refractivity contribution in [1.29, 1.82) is 0 Å². The zero-order valence-electron chi connectivity index (χ0n) is 10.1. The number of nitrogens with zero attached hydrogens (tertiary/aromatic N) is 1. The smallest absolute Gasteiger partial charge is 0.327 e. The Hall–Kier alpha value is -0.750. The highest BCUT2D eigenvalue weighted by Crippen LogP contribution is 2.18. The van der Waals surface area contributed by atoms with Crippen molar-refractivity contribution < 1.29 is 14.7 Å². The maximum atomic E-state index is 12.0. The Morgan fingerprint density at radius 3 is 2.88 bits per heavy atom. The minimum Gasteiger partial charge on any atom is -0.480 e. The van der Waals surface area contributed by atoms with Crippen molar-refractivity contribution in [2.24, 2.45) is 5.73 Å². The molecule has 2 unspecified atom stereocenters. The van der Waals surface area contributed by atoms with Gasteiger partial charge in [-0.1, -0.05) is 13.3 Å². The fourth-order valence-corrected chi connectivity index (χ4v) is 2.96. The third-order valence-corrected chi connectivity index (χ3v) is 3.85. The van der Waals surface area contributed by atoms with Gasteiger partial charge in [0.25, 0.3) is 0 Å². The molecule has 1 fully saturated rings. The van der Waals surface area contributed by atoms with Gasteiger partial charge in [-0.05, 0) is 6.42 Å². The number of carboxylic acid groups (broad SMARTS) is 1. The molecule has 0 radical (unpaired) electrons. The van der Waals surface area contributed by atoms with E-state index in [1.54, 1.807) is 11.8 Å². The number of aliphatic carboxylic acids is 1. The lowest BCUT2D eigenvalue weighted by Crippen LogP contribution is -2.51. The summed E-state index contributed by atoms with van der Waals surface area (Å²) in [7, 11) is 0. The Morgan fingerprint density at radius 1 is 1.59 bits per heavy atom. The fourth-order valence-electron chi connectivity index (χ4n) is 1.92. The van der Waals surface area contributed by atoms with Crippen LogP contribution in [0.1, 0.15) is 26.2 Å². The molecular formula is C11H20N2O3S. The van der Waals surface area contributed by atoms with Gasteiger partial charge in [0.15, 0.2) is 0 Å². The van der Waals surface area contributed by atoms with Gasteiger partial charge in [0.2, 0.25) is 5.91 Å².